The molecule has 1 aliphatic rings. The lowest BCUT2D eigenvalue weighted by Gasteiger charge is -2.22. The van der Waals surface area contributed by atoms with Crippen LogP contribution in [0.1, 0.15) is 32.1 Å². The zero-order valence-corrected chi connectivity index (χ0v) is 9.89. The Morgan fingerprint density at radius 3 is 2.94 bits per heavy atom. The maximum atomic E-state index is 11.2. The summed E-state index contributed by atoms with van der Waals surface area (Å²) in [6, 6.07) is 0. The van der Waals surface area contributed by atoms with E-state index in [1.165, 1.54) is 38.4 Å². The molecule has 0 atom stereocenters. The van der Waals surface area contributed by atoms with Crippen molar-refractivity contribution in [1.29, 1.82) is 0 Å². The highest BCUT2D eigenvalue weighted by Gasteiger charge is 2.14. The fourth-order valence-corrected chi connectivity index (χ4v) is 2.31. The van der Waals surface area contributed by atoms with Crippen molar-refractivity contribution in [2.45, 2.75) is 32.1 Å². The highest BCUT2D eigenvalue weighted by Crippen LogP contribution is 2.24. The Hall–Kier alpha value is -1.03. The second-order valence-electron chi connectivity index (χ2n) is 4.28. The van der Waals surface area contributed by atoms with Gasteiger partial charge in [-0.1, -0.05) is 30.9 Å². The number of rotatable bonds is 3. The summed E-state index contributed by atoms with van der Waals surface area (Å²) in [5.41, 5.74) is -0.289. The first-order valence-electron chi connectivity index (χ1n) is 5.74. The minimum absolute atomic E-state index is 0.151. The van der Waals surface area contributed by atoms with Gasteiger partial charge in [0.15, 0.2) is 5.82 Å². The van der Waals surface area contributed by atoms with Crippen LogP contribution < -0.4 is 10.9 Å². The molecular weight excluding hydrogens is 226 g/mol. The molecule has 4 nitrogen and oxygen atoms in total. The highest BCUT2D eigenvalue weighted by atomic mass is 35.5. The van der Waals surface area contributed by atoms with Crippen molar-refractivity contribution in [2.24, 2.45) is 5.92 Å². The second-order valence-corrected chi connectivity index (χ2v) is 4.66. The summed E-state index contributed by atoms with van der Waals surface area (Å²) in [5, 5.41) is 3.31. The van der Waals surface area contributed by atoms with Crippen LogP contribution in [0.25, 0.3) is 0 Å². The van der Waals surface area contributed by atoms with Gasteiger partial charge in [0.1, 0.15) is 5.02 Å². The lowest BCUT2D eigenvalue weighted by atomic mass is 9.89. The summed E-state index contributed by atoms with van der Waals surface area (Å²) in [7, 11) is 0. The Morgan fingerprint density at radius 1 is 1.44 bits per heavy atom. The SMILES string of the molecule is O=c1[nH]cnc(NCC2CCCCC2)c1Cl. The molecule has 1 aromatic rings. The number of aromatic nitrogens is 2. The molecule has 1 heterocycles. The van der Waals surface area contributed by atoms with Crippen molar-refractivity contribution in [3.05, 3.63) is 21.7 Å². The normalized spacial score (nSPS) is 17.3. The van der Waals surface area contributed by atoms with Crippen molar-refractivity contribution in [2.75, 3.05) is 11.9 Å². The molecule has 1 saturated carbocycles. The molecule has 0 spiro atoms. The fraction of sp³-hybridized carbons (Fsp3) is 0.636. The molecule has 0 amide bonds. The second kappa shape index (κ2) is 5.34. The fourth-order valence-electron chi connectivity index (χ4n) is 2.14. The molecule has 5 heteroatoms. The van der Waals surface area contributed by atoms with E-state index in [1.54, 1.807) is 0 Å². The summed E-state index contributed by atoms with van der Waals surface area (Å²) in [5.74, 6) is 1.18. The molecule has 1 aromatic heterocycles. The Balaban J connectivity index is 1.93. The monoisotopic (exact) mass is 241 g/mol. The number of halogens is 1. The topological polar surface area (TPSA) is 57.8 Å². The predicted molar refractivity (Wildman–Crippen MR) is 64.9 cm³/mol. The maximum absolute atomic E-state index is 11.2. The van der Waals surface area contributed by atoms with Crippen molar-refractivity contribution >= 4 is 17.4 Å². The molecular formula is C11H16ClN3O. The van der Waals surface area contributed by atoms with Crippen LogP contribution in [0, 0.1) is 5.92 Å². The predicted octanol–water partition coefficient (Wildman–Crippen LogP) is 2.42. The Morgan fingerprint density at radius 2 is 2.19 bits per heavy atom. The first-order chi connectivity index (χ1) is 7.77. The minimum atomic E-state index is -0.289. The van der Waals surface area contributed by atoms with Crippen LogP contribution in [0.5, 0.6) is 0 Å². The van der Waals surface area contributed by atoms with Gasteiger partial charge in [0, 0.05) is 6.54 Å². The Bertz CT molecular complexity index is 398. The standard InChI is InChI=1S/C11H16ClN3O/c12-9-10(14-7-15-11(9)16)13-6-8-4-2-1-3-5-8/h7-8H,1-6H2,(H2,13,14,15,16). The summed E-state index contributed by atoms with van der Waals surface area (Å²) in [6.07, 6.45) is 7.85. The summed E-state index contributed by atoms with van der Waals surface area (Å²) in [6.45, 7) is 0.857. The number of nitrogens with one attached hydrogen (secondary N) is 2. The first kappa shape index (κ1) is 11.5. The number of aromatic amines is 1. The molecule has 0 aliphatic heterocycles. The van der Waals surface area contributed by atoms with Gasteiger partial charge in [0.2, 0.25) is 0 Å². The van der Waals surface area contributed by atoms with E-state index in [2.05, 4.69) is 15.3 Å². The van der Waals surface area contributed by atoms with Crippen LogP contribution in [0.4, 0.5) is 5.82 Å². The van der Waals surface area contributed by atoms with Gasteiger partial charge in [-0.15, -0.1) is 0 Å². The van der Waals surface area contributed by atoms with Gasteiger partial charge in [-0.05, 0) is 18.8 Å². The number of nitrogens with zero attached hydrogens (tertiary/aromatic N) is 1. The first-order valence-corrected chi connectivity index (χ1v) is 6.12. The lowest BCUT2D eigenvalue weighted by molar-refractivity contribution is 0.373. The van der Waals surface area contributed by atoms with Crippen molar-refractivity contribution in [3.63, 3.8) is 0 Å². The van der Waals surface area contributed by atoms with Crippen LogP contribution in [0.2, 0.25) is 5.02 Å². The van der Waals surface area contributed by atoms with Gasteiger partial charge in [0.05, 0.1) is 6.33 Å². The molecule has 0 aromatic carbocycles. The van der Waals surface area contributed by atoms with E-state index in [9.17, 15) is 4.79 Å². The van der Waals surface area contributed by atoms with E-state index in [1.807, 2.05) is 0 Å². The number of hydrogen-bond donors (Lipinski definition) is 2. The summed E-state index contributed by atoms with van der Waals surface area (Å²) in [4.78, 5) is 17.7. The zero-order valence-electron chi connectivity index (χ0n) is 9.13. The van der Waals surface area contributed by atoms with E-state index < -0.39 is 0 Å². The molecule has 1 aliphatic carbocycles. The zero-order chi connectivity index (χ0) is 11.4. The van der Waals surface area contributed by atoms with E-state index in [0.29, 0.717) is 11.7 Å². The van der Waals surface area contributed by atoms with Crippen LogP contribution in [0.15, 0.2) is 11.1 Å². The van der Waals surface area contributed by atoms with E-state index in [0.717, 1.165) is 6.54 Å². The smallest absolute Gasteiger partial charge is 0.271 e. The van der Waals surface area contributed by atoms with Crippen molar-refractivity contribution in [1.82, 2.24) is 9.97 Å². The molecule has 1 fully saturated rings. The molecule has 16 heavy (non-hydrogen) atoms. The van der Waals surface area contributed by atoms with Crippen LogP contribution >= 0.6 is 11.6 Å². The molecule has 0 saturated heterocycles. The highest BCUT2D eigenvalue weighted by molar-refractivity contribution is 6.32. The van der Waals surface area contributed by atoms with E-state index in [-0.39, 0.29) is 10.6 Å². The van der Waals surface area contributed by atoms with E-state index in [4.69, 9.17) is 11.6 Å². The third kappa shape index (κ3) is 2.76. The van der Waals surface area contributed by atoms with Gasteiger partial charge >= 0.3 is 0 Å². The summed E-state index contributed by atoms with van der Waals surface area (Å²) < 4.78 is 0. The van der Waals surface area contributed by atoms with Crippen molar-refractivity contribution < 1.29 is 0 Å². The molecule has 0 bridgehead atoms. The average Bonchev–Trinajstić information content (AvgIpc) is 2.32. The molecule has 2 rings (SSSR count). The molecule has 2 N–H and O–H groups in total. The third-order valence-corrected chi connectivity index (χ3v) is 3.43. The van der Waals surface area contributed by atoms with Gasteiger partial charge in [0.25, 0.3) is 5.56 Å². The quantitative estimate of drug-likeness (QED) is 0.855. The third-order valence-electron chi connectivity index (χ3n) is 3.08. The van der Waals surface area contributed by atoms with Crippen LogP contribution in [-0.2, 0) is 0 Å². The molecule has 0 radical (unpaired) electrons. The number of hydrogen-bond acceptors (Lipinski definition) is 3. The summed E-state index contributed by atoms with van der Waals surface area (Å²) >= 11 is 5.84. The number of anilines is 1. The Labute approximate surface area is 99.4 Å². The lowest BCUT2D eigenvalue weighted by Crippen LogP contribution is -2.19. The molecule has 0 unspecified atom stereocenters. The molecule has 88 valence electrons. The van der Waals surface area contributed by atoms with E-state index >= 15 is 0 Å². The average molecular weight is 242 g/mol. The Kier molecular flexibility index (Phi) is 3.83. The van der Waals surface area contributed by atoms with Crippen LogP contribution in [-0.4, -0.2) is 16.5 Å². The van der Waals surface area contributed by atoms with Gasteiger partial charge < -0.3 is 10.3 Å². The van der Waals surface area contributed by atoms with Crippen molar-refractivity contribution in [3.8, 4) is 0 Å². The van der Waals surface area contributed by atoms with Crippen LogP contribution in [0.3, 0.4) is 0 Å². The van der Waals surface area contributed by atoms with Gasteiger partial charge in [-0.2, -0.15) is 0 Å². The minimum Gasteiger partial charge on any atom is -0.368 e. The largest absolute Gasteiger partial charge is 0.368 e. The maximum Gasteiger partial charge on any atom is 0.271 e. The van der Waals surface area contributed by atoms with Gasteiger partial charge in [-0.25, -0.2) is 4.98 Å². The van der Waals surface area contributed by atoms with Gasteiger partial charge in [-0.3, -0.25) is 4.79 Å². The number of H-pyrrole nitrogens is 1.